The summed E-state index contributed by atoms with van der Waals surface area (Å²) in [7, 11) is 0. The average Bonchev–Trinajstić information content (AvgIpc) is 2.76. The summed E-state index contributed by atoms with van der Waals surface area (Å²) in [5, 5.41) is 3.81. The molecule has 0 aromatic heterocycles. The Bertz CT molecular complexity index is 259. The Hall–Kier alpha value is -0.120. The SMILES string of the molecule is CCCN1CCCC(C(C)NCCN2CCCCCC2)C1. The number of hydrogen-bond acceptors (Lipinski definition) is 3. The Morgan fingerprint density at radius 1 is 0.952 bits per heavy atom. The highest BCUT2D eigenvalue weighted by Gasteiger charge is 2.23. The van der Waals surface area contributed by atoms with Gasteiger partial charge >= 0.3 is 0 Å². The highest BCUT2D eigenvalue weighted by Crippen LogP contribution is 2.19. The number of hydrogen-bond donors (Lipinski definition) is 1. The molecule has 124 valence electrons. The van der Waals surface area contributed by atoms with Crippen LogP contribution in [0.3, 0.4) is 0 Å². The third kappa shape index (κ3) is 6.25. The third-order valence-electron chi connectivity index (χ3n) is 5.38. The molecule has 0 spiro atoms. The van der Waals surface area contributed by atoms with Crippen LogP contribution < -0.4 is 5.32 Å². The van der Waals surface area contributed by atoms with Gasteiger partial charge in [-0.2, -0.15) is 0 Å². The number of nitrogens with zero attached hydrogens (tertiary/aromatic N) is 2. The predicted molar refractivity (Wildman–Crippen MR) is 91.8 cm³/mol. The fraction of sp³-hybridized carbons (Fsp3) is 1.00. The topological polar surface area (TPSA) is 18.5 Å². The van der Waals surface area contributed by atoms with E-state index in [0.717, 1.165) is 5.92 Å². The molecule has 0 radical (unpaired) electrons. The van der Waals surface area contributed by atoms with Crippen molar-refractivity contribution in [2.45, 2.75) is 64.8 Å². The standard InChI is InChI=1S/C18H37N3/c1-3-11-21-14-8-9-18(16-21)17(2)19-10-15-20-12-6-4-5-7-13-20/h17-19H,3-16H2,1-2H3. The molecular weight excluding hydrogens is 258 g/mol. The molecule has 3 heteroatoms. The van der Waals surface area contributed by atoms with E-state index in [1.165, 1.54) is 90.8 Å². The van der Waals surface area contributed by atoms with E-state index >= 15 is 0 Å². The Morgan fingerprint density at radius 3 is 2.38 bits per heavy atom. The van der Waals surface area contributed by atoms with Crippen molar-refractivity contribution in [3.05, 3.63) is 0 Å². The summed E-state index contributed by atoms with van der Waals surface area (Å²) in [5.74, 6) is 0.856. The van der Waals surface area contributed by atoms with E-state index in [-0.39, 0.29) is 0 Å². The van der Waals surface area contributed by atoms with E-state index in [9.17, 15) is 0 Å². The van der Waals surface area contributed by atoms with Crippen LogP contribution in [0.1, 0.15) is 58.8 Å². The summed E-state index contributed by atoms with van der Waals surface area (Å²) in [4.78, 5) is 5.33. The molecule has 21 heavy (non-hydrogen) atoms. The lowest BCUT2D eigenvalue weighted by Crippen LogP contribution is -2.46. The van der Waals surface area contributed by atoms with Crippen molar-refractivity contribution < 1.29 is 0 Å². The van der Waals surface area contributed by atoms with Crippen LogP contribution in [-0.2, 0) is 0 Å². The summed E-state index contributed by atoms with van der Waals surface area (Å²) in [6.07, 6.45) is 9.80. The first-order valence-electron chi connectivity index (χ1n) is 9.47. The summed E-state index contributed by atoms with van der Waals surface area (Å²) >= 11 is 0. The molecule has 2 saturated heterocycles. The fourth-order valence-corrected chi connectivity index (χ4v) is 4.00. The molecule has 0 saturated carbocycles. The second kappa shape index (κ2) is 9.81. The van der Waals surface area contributed by atoms with Crippen molar-refractivity contribution in [2.24, 2.45) is 5.92 Å². The molecule has 3 nitrogen and oxygen atoms in total. The summed E-state index contributed by atoms with van der Waals surface area (Å²) in [6, 6.07) is 0.677. The van der Waals surface area contributed by atoms with Gasteiger partial charge in [0.2, 0.25) is 0 Å². The quantitative estimate of drug-likeness (QED) is 0.779. The van der Waals surface area contributed by atoms with Crippen molar-refractivity contribution >= 4 is 0 Å². The van der Waals surface area contributed by atoms with Gasteiger partial charge in [0, 0.05) is 25.7 Å². The van der Waals surface area contributed by atoms with Crippen molar-refractivity contribution in [3.63, 3.8) is 0 Å². The molecule has 2 aliphatic heterocycles. The van der Waals surface area contributed by atoms with E-state index in [4.69, 9.17) is 0 Å². The fourth-order valence-electron chi connectivity index (χ4n) is 4.00. The number of piperidine rings is 1. The van der Waals surface area contributed by atoms with Gasteiger partial charge in [-0.3, -0.25) is 0 Å². The molecule has 0 aromatic rings. The van der Waals surface area contributed by atoms with Gasteiger partial charge in [-0.1, -0.05) is 19.8 Å². The van der Waals surface area contributed by atoms with E-state index in [2.05, 4.69) is 29.0 Å². The minimum Gasteiger partial charge on any atom is -0.313 e. The first kappa shape index (κ1) is 17.2. The molecule has 1 N–H and O–H groups in total. The van der Waals surface area contributed by atoms with E-state index in [0.29, 0.717) is 6.04 Å². The van der Waals surface area contributed by atoms with E-state index in [1.807, 2.05) is 0 Å². The molecule has 2 heterocycles. The summed E-state index contributed by atoms with van der Waals surface area (Å²) < 4.78 is 0. The molecule has 2 rings (SSSR count). The highest BCUT2D eigenvalue weighted by atomic mass is 15.2. The second-order valence-electron chi connectivity index (χ2n) is 7.20. The first-order chi connectivity index (χ1) is 10.3. The van der Waals surface area contributed by atoms with Gasteiger partial charge in [0.1, 0.15) is 0 Å². The average molecular weight is 296 g/mol. The molecule has 2 unspecified atom stereocenters. The van der Waals surface area contributed by atoms with Crippen LogP contribution in [-0.4, -0.2) is 61.7 Å². The number of likely N-dealkylation sites (tertiary alicyclic amines) is 2. The van der Waals surface area contributed by atoms with Crippen LogP contribution in [0.5, 0.6) is 0 Å². The molecule has 2 fully saturated rings. The molecule has 0 aromatic carbocycles. The monoisotopic (exact) mass is 295 g/mol. The molecular formula is C18H37N3. The first-order valence-corrected chi connectivity index (χ1v) is 9.47. The molecule has 2 aliphatic rings. The van der Waals surface area contributed by atoms with Crippen molar-refractivity contribution in [3.8, 4) is 0 Å². The van der Waals surface area contributed by atoms with Crippen molar-refractivity contribution in [1.29, 1.82) is 0 Å². The van der Waals surface area contributed by atoms with Crippen molar-refractivity contribution in [2.75, 3.05) is 45.8 Å². The van der Waals surface area contributed by atoms with Gasteiger partial charge in [0.15, 0.2) is 0 Å². The number of nitrogens with one attached hydrogen (secondary N) is 1. The normalized spacial score (nSPS) is 27.4. The Balaban J connectivity index is 1.62. The zero-order valence-corrected chi connectivity index (χ0v) is 14.4. The lowest BCUT2D eigenvalue weighted by Gasteiger charge is -2.36. The predicted octanol–water partition coefficient (Wildman–Crippen LogP) is 2.96. The summed E-state index contributed by atoms with van der Waals surface area (Å²) in [6.45, 7) is 13.7. The maximum Gasteiger partial charge on any atom is 0.0107 e. The number of rotatable bonds is 7. The van der Waals surface area contributed by atoms with Gasteiger partial charge in [0.25, 0.3) is 0 Å². The van der Waals surface area contributed by atoms with Crippen LogP contribution in [0.15, 0.2) is 0 Å². The maximum atomic E-state index is 3.81. The summed E-state index contributed by atoms with van der Waals surface area (Å²) in [5.41, 5.74) is 0. The van der Waals surface area contributed by atoms with Gasteiger partial charge in [-0.25, -0.2) is 0 Å². The maximum absolute atomic E-state index is 3.81. The largest absolute Gasteiger partial charge is 0.313 e. The zero-order chi connectivity index (χ0) is 14.9. The Kier molecular flexibility index (Phi) is 8.05. The van der Waals surface area contributed by atoms with Crippen LogP contribution in [0.4, 0.5) is 0 Å². The Morgan fingerprint density at radius 2 is 1.67 bits per heavy atom. The van der Waals surface area contributed by atoms with Crippen LogP contribution in [0, 0.1) is 5.92 Å². The molecule has 0 amide bonds. The van der Waals surface area contributed by atoms with Gasteiger partial charge in [-0.15, -0.1) is 0 Å². The van der Waals surface area contributed by atoms with Crippen LogP contribution >= 0.6 is 0 Å². The van der Waals surface area contributed by atoms with Gasteiger partial charge in [0.05, 0.1) is 0 Å². The van der Waals surface area contributed by atoms with Crippen LogP contribution in [0.25, 0.3) is 0 Å². The Labute approximate surface area is 132 Å². The minimum absolute atomic E-state index is 0.677. The smallest absolute Gasteiger partial charge is 0.0107 e. The minimum atomic E-state index is 0.677. The highest BCUT2D eigenvalue weighted by molar-refractivity contribution is 4.80. The van der Waals surface area contributed by atoms with Crippen molar-refractivity contribution in [1.82, 2.24) is 15.1 Å². The lowest BCUT2D eigenvalue weighted by molar-refractivity contribution is 0.149. The second-order valence-corrected chi connectivity index (χ2v) is 7.20. The third-order valence-corrected chi connectivity index (χ3v) is 5.38. The van der Waals surface area contributed by atoms with Gasteiger partial charge < -0.3 is 15.1 Å². The van der Waals surface area contributed by atoms with Gasteiger partial charge in [-0.05, 0) is 71.1 Å². The van der Waals surface area contributed by atoms with Crippen LogP contribution in [0.2, 0.25) is 0 Å². The molecule has 0 aliphatic carbocycles. The van der Waals surface area contributed by atoms with E-state index < -0.39 is 0 Å². The molecule has 2 atom stereocenters. The zero-order valence-electron chi connectivity index (χ0n) is 14.4. The lowest BCUT2D eigenvalue weighted by atomic mass is 9.91. The van der Waals surface area contributed by atoms with E-state index in [1.54, 1.807) is 0 Å². The molecule has 0 bridgehead atoms.